The quantitative estimate of drug-likeness (QED) is 0.802. The zero-order chi connectivity index (χ0) is 17.1. The van der Waals surface area contributed by atoms with Crippen LogP contribution >= 0.6 is 0 Å². The zero-order valence-corrected chi connectivity index (χ0v) is 13.9. The van der Waals surface area contributed by atoms with Gasteiger partial charge in [0.25, 0.3) is 5.91 Å². The first-order chi connectivity index (χ1) is 11.5. The molecule has 0 radical (unpaired) electrons. The van der Waals surface area contributed by atoms with E-state index in [0.29, 0.717) is 17.9 Å². The van der Waals surface area contributed by atoms with Gasteiger partial charge in [-0.15, -0.1) is 10.2 Å². The first-order valence-corrected chi connectivity index (χ1v) is 7.70. The van der Waals surface area contributed by atoms with Gasteiger partial charge in [-0.25, -0.2) is 0 Å². The number of aromatic nitrogens is 4. The molecule has 6 heteroatoms. The van der Waals surface area contributed by atoms with Crippen molar-refractivity contribution >= 4 is 5.91 Å². The fraction of sp³-hybridized carbons (Fsp3) is 0.222. The van der Waals surface area contributed by atoms with Crippen LogP contribution in [0.4, 0.5) is 0 Å². The fourth-order valence-electron chi connectivity index (χ4n) is 2.62. The van der Waals surface area contributed by atoms with Gasteiger partial charge in [0.2, 0.25) is 5.82 Å². The summed E-state index contributed by atoms with van der Waals surface area (Å²) in [7, 11) is 1.81. The zero-order valence-electron chi connectivity index (χ0n) is 13.9. The molecule has 0 aliphatic heterocycles. The SMILES string of the molecule is Cc1ccc(CN(C)C(=O)c2ccc(-c3nn[nH]n3)cc2)c(C)c1. The first kappa shape index (κ1) is 15.9. The molecule has 3 rings (SSSR count). The average Bonchev–Trinajstić information content (AvgIpc) is 3.11. The van der Waals surface area contributed by atoms with Crippen LogP contribution in [0.2, 0.25) is 0 Å². The van der Waals surface area contributed by atoms with Crippen LogP contribution in [0.25, 0.3) is 11.4 Å². The predicted molar refractivity (Wildman–Crippen MR) is 91.3 cm³/mol. The van der Waals surface area contributed by atoms with Crippen molar-refractivity contribution in [2.75, 3.05) is 7.05 Å². The summed E-state index contributed by atoms with van der Waals surface area (Å²) in [5.41, 5.74) is 5.02. The van der Waals surface area contributed by atoms with Gasteiger partial charge >= 0.3 is 0 Å². The van der Waals surface area contributed by atoms with Crippen LogP contribution < -0.4 is 0 Å². The van der Waals surface area contributed by atoms with Crippen molar-refractivity contribution in [3.63, 3.8) is 0 Å². The van der Waals surface area contributed by atoms with E-state index in [0.717, 1.165) is 11.1 Å². The number of carbonyl (C=O) groups is 1. The highest BCUT2D eigenvalue weighted by molar-refractivity contribution is 5.94. The monoisotopic (exact) mass is 321 g/mol. The Balaban J connectivity index is 1.73. The number of carbonyl (C=O) groups excluding carboxylic acids is 1. The lowest BCUT2D eigenvalue weighted by Gasteiger charge is -2.19. The molecule has 1 amide bonds. The van der Waals surface area contributed by atoms with Crippen LogP contribution in [-0.2, 0) is 6.54 Å². The molecule has 122 valence electrons. The van der Waals surface area contributed by atoms with Crippen LogP contribution in [0.15, 0.2) is 42.5 Å². The van der Waals surface area contributed by atoms with Gasteiger partial charge < -0.3 is 4.90 Å². The van der Waals surface area contributed by atoms with Crippen molar-refractivity contribution in [3.8, 4) is 11.4 Å². The van der Waals surface area contributed by atoms with Crippen molar-refractivity contribution in [1.82, 2.24) is 25.5 Å². The third kappa shape index (κ3) is 3.32. The molecule has 0 fully saturated rings. The smallest absolute Gasteiger partial charge is 0.253 e. The number of H-pyrrole nitrogens is 1. The van der Waals surface area contributed by atoms with Gasteiger partial charge in [-0.05, 0) is 42.3 Å². The molecule has 6 nitrogen and oxygen atoms in total. The van der Waals surface area contributed by atoms with Crippen molar-refractivity contribution < 1.29 is 4.79 Å². The molecule has 0 bridgehead atoms. The minimum absolute atomic E-state index is 0.0189. The maximum Gasteiger partial charge on any atom is 0.253 e. The molecule has 0 unspecified atom stereocenters. The Bertz CT molecular complexity index is 840. The van der Waals surface area contributed by atoms with Gasteiger partial charge in [0.05, 0.1) is 0 Å². The number of amides is 1. The summed E-state index contributed by atoms with van der Waals surface area (Å²) in [6.07, 6.45) is 0. The lowest BCUT2D eigenvalue weighted by atomic mass is 10.0. The first-order valence-electron chi connectivity index (χ1n) is 7.70. The Morgan fingerprint density at radius 1 is 1.12 bits per heavy atom. The molecule has 0 saturated heterocycles. The summed E-state index contributed by atoms with van der Waals surface area (Å²) in [5.74, 6) is 0.493. The minimum atomic E-state index is -0.0189. The summed E-state index contributed by atoms with van der Waals surface area (Å²) >= 11 is 0. The molecule has 24 heavy (non-hydrogen) atoms. The third-order valence-corrected chi connectivity index (χ3v) is 3.99. The lowest BCUT2D eigenvalue weighted by molar-refractivity contribution is 0.0785. The van der Waals surface area contributed by atoms with Crippen LogP contribution in [-0.4, -0.2) is 38.5 Å². The van der Waals surface area contributed by atoms with E-state index in [1.54, 1.807) is 17.0 Å². The normalized spacial score (nSPS) is 10.6. The predicted octanol–water partition coefficient (Wildman–Crippen LogP) is 2.76. The van der Waals surface area contributed by atoms with E-state index in [-0.39, 0.29) is 5.91 Å². The molecule has 3 aromatic rings. The van der Waals surface area contributed by atoms with E-state index < -0.39 is 0 Å². The van der Waals surface area contributed by atoms with Gasteiger partial charge in [-0.2, -0.15) is 5.21 Å². The van der Waals surface area contributed by atoms with Crippen LogP contribution in [0.1, 0.15) is 27.0 Å². The highest BCUT2D eigenvalue weighted by Crippen LogP contribution is 2.17. The standard InChI is InChI=1S/C18H19N5O/c1-12-4-5-16(13(2)10-12)11-23(3)18(24)15-8-6-14(7-9-15)17-19-21-22-20-17/h4-10H,11H2,1-3H3,(H,19,20,21,22). The maximum absolute atomic E-state index is 12.6. The highest BCUT2D eigenvalue weighted by Gasteiger charge is 2.13. The summed E-state index contributed by atoms with van der Waals surface area (Å²) in [5, 5.41) is 13.8. The number of benzene rings is 2. The second-order valence-electron chi connectivity index (χ2n) is 5.90. The van der Waals surface area contributed by atoms with E-state index in [9.17, 15) is 4.79 Å². The van der Waals surface area contributed by atoms with Gasteiger partial charge in [-0.3, -0.25) is 4.79 Å². The average molecular weight is 321 g/mol. The molecule has 1 N–H and O–H groups in total. The van der Waals surface area contributed by atoms with Crippen molar-refractivity contribution in [2.45, 2.75) is 20.4 Å². The number of aromatic amines is 1. The van der Waals surface area contributed by atoms with Crippen LogP contribution in [0, 0.1) is 13.8 Å². The molecular formula is C18H19N5O. The van der Waals surface area contributed by atoms with E-state index in [1.165, 1.54) is 11.1 Å². The number of hydrogen-bond donors (Lipinski definition) is 1. The van der Waals surface area contributed by atoms with Crippen molar-refractivity contribution in [1.29, 1.82) is 0 Å². The molecule has 1 aromatic heterocycles. The summed E-state index contributed by atoms with van der Waals surface area (Å²) < 4.78 is 0. The second-order valence-corrected chi connectivity index (χ2v) is 5.90. The highest BCUT2D eigenvalue weighted by atomic mass is 16.2. The molecule has 2 aromatic carbocycles. The van der Waals surface area contributed by atoms with Gasteiger partial charge in [0, 0.05) is 24.7 Å². The molecule has 0 aliphatic rings. The summed E-state index contributed by atoms with van der Waals surface area (Å²) in [6, 6.07) is 13.5. The summed E-state index contributed by atoms with van der Waals surface area (Å²) in [6.45, 7) is 4.72. The third-order valence-electron chi connectivity index (χ3n) is 3.99. The molecule has 1 heterocycles. The molecular weight excluding hydrogens is 302 g/mol. The molecule has 0 saturated carbocycles. The fourth-order valence-corrected chi connectivity index (χ4v) is 2.62. The Labute approximate surface area is 140 Å². The van der Waals surface area contributed by atoms with E-state index >= 15 is 0 Å². The van der Waals surface area contributed by atoms with Crippen molar-refractivity contribution in [2.24, 2.45) is 0 Å². The van der Waals surface area contributed by atoms with E-state index in [4.69, 9.17) is 0 Å². The van der Waals surface area contributed by atoms with Gasteiger partial charge in [0.1, 0.15) is 0 Å². The number of nitrogens with zero attached hydrogens (tertiary/aromatic N) is 4. The Morgan fingerprint density at radius 3 is 2.50 bits per heavy atom. The number of nitrogens with one attached hydrogen (secondary N) is 1. The number of hydrogen-bond acceptors (Lipinski definition) is 4. The Morgan fingerprint density at radius 2 is 1.88 bits per heavy atom. The topological polar surface area (TPSA) is 74.8 Å². The molecule has 0 spiro atoms. The number of tetrazole rings is 1. The number of rotatable bonds is 4. The maximum atomic E-state index is 12.6. The largest absolute Gasteiger partial charge is 0.337 e. The van der Waals surface area contributed by atoms with Gasteiger partial charge in [-0.1, -0.05) is 35.9 Å². The lowest BCUT2D eigenvalue weighted by Crippen LogP contribution is -2.26. The Hall–Kier alpha value is -3.02. The van der Waals surface area contributed by atoms with Crippen molar-refractivity contribution in [3.05, 3.63) is 64.7 Å². The Kier molecular flexibility index (Phi) is 4.37. The van der Waals surface area contributed by atoms with E-state index in [1.807, 2.05) is 19.2 Å². The number of aryl methyl sites for hydroxylation is 2. The molecule has 0 atom stereocenters. The van der Waals surface area contributed by atoms with Crippen LogP contribution in [0.3, 0.4) is 0 Å². The molecule has 0 aliphatic carbocycles. The minimum Gasteiger partial charge on any atom is -0.337 e. The van der Waals surface area contributed by atoms with Gasteiger partial charge in [0.15, 0.2) is 0 Å². The second kappa shape index (κ2) is 6.62. The van der Waals surface area contributed by atoms with Crippen LogP contribution in [0.5, 0.6) is 0 Å². The summed E-state index contributed by atoms with van der Waals surface area (Å²) in [4.78, 5) is 14.3. The van der Waals surface area contributed by atoms with E-state index in [2.05, 4.69) is 52.7 Å².